The highest BCUT2D eigenvalue weighted by molar-refractivity contribution is 6.36. The van der Waals surface area contributed by atoms with Crippen LogP contribution in [-0.2, 0) is 9.59 Å². The molecule has 4 aliphatic carbocycles. The number of hydrogen-bond acceptors (Lipinski definition) is 6. The Hall–Kier alpha value is -4.27. The number of amides is 3. The van der Waals surface area contributed by atoms with Crippen molar-refractivity contribution in [1.82, 2.24) is 10.0 Å². The van der Waals surface area contributed by atoms with E-state index in [0.29, 0.717) is 22.4 Å². The Morgan fingerprint density at radius 1 is 0.841 bits per heavy atom. The van der Waals surface area contributed by atoms with Crippen LogP contribution >= 0.6 is 23.2 Å². The van der Waals surface area contributed by atoms with Crippen LogP contribution in [-0.4, -0.2) is 46.0 Å². The number of hydrazine groups is 1. The Morgan fingerprint density at radius 2 is 1.43 bits per heavy atom. The zero-order valence-electron chi connectivity index (χ0n) is 23.5. The second kappa shape index (κ2) is 10.7. The molecular weight excluding hydrogens is 603 g/mol. The number of imide groups is 1. The van der Waals surface area contributed by atoms with E-state index in [1.807, 2.05) is 19.1 Å². The molecule has 8 rings (SSSR count). The Balaban J connectivity index is 1.15. The molecule has 8 nitrogen and oxygen atoms in total. The zero-order chi connectivity index (χ0) is 30.9. The van der Waals surface area contributed by atoms with Crippen LogP contribution in [0.2, 0.25) is 10.0 Å². The summed E-state index contributed by atoms with van der Waals surface area (Å²) in [5.74, 6) is -3.06. The van der Waals surface area contributed by atoms with Crippen LogP contribution in [0.3, 0.4) is 0 Å². The van der Waals surface area contributed by atoms with E-state index < -0.39 is 47.9 Å². The second-order valence-corrected chi connectivity index (χ2v) is 12.7. The summed E-state index contributed by atoms with van der Waals surface area (Å²) in [6.45, 7) is 1.32. The number of carbonyl (C=O) groups excluding carboxylic acids is 5. The summed E-state index contributed by atoms with van der Waals surface area (Å²) < 4.78 is 5.43. The number of ketones is 1. The minimum atomic E-state index is -0.769. The van der Waals surface area contributed by atoms with Gasteiger partial charge in [0.2, 0.25) is 0 Å². The van der Waals surface area contributed by atoms with E-state index >= 15 is 0 Å². The molecule has 0 N–H and O–H groups in total. The maximum atomic E-state index is 13.9. The van der Waals surface area contributed by atoms with Crippen LogP contribution in [0.1, 0.15) is 43.1 Å². The third-order valence-electron chi connectivity index (χ3n) is 9.24. The lowest BCUT2D eigenvalue weighted by Gasteiger charge is -2.37. The van der Waals surface area contributed by atoms with Crippen LogP contribution in [0.5, 0.6) is 5.75 Å². The van der Waals surface area contributed by atoms with E-state index in [2.05, 4.69) is 0 Å². The summed E-state index contributed by atoms with van der Waals surface area (Å²) >= 11 is 12.4. The first-order chi connectivity index (χ1) is 21.1. The molecule has 0 unspecified atom stereocenters. The number of ether oxygens (including phenoxy) is 1. The molecule has 10 heteroatoms. The molecule has 6 atom stereocenters. The maximum Gasteiger partial charge on any atom is 0.343 e. The van der Waals surface area contributed by atoms with Crippen molar-refractivity contribution in [2.24, 2.45) is 35.5 Å². The van der Waals surface area contributed by atoms with Gasteiger partial charge in [-0.25, -0.2) is 9.80 Å². The predicted molar refractivity (Wildman–Crippen MR) is 161 cm³/mol. The topological polar surface area (TPSA) is 101 Å². The van der Waals surface area contributed by atoms with Gasteiger partial charge in [0.1, 0.15) is 12.3 Å². The standard InChI is InChI=1S/C34H26Cl2N2O6/c1-17-2-4-19(5-3-17)34(43)44-21-9-6-18(7-10-21)28(39)16-37(31(40)24-11-8-20(35)14-27(24)36)38-32(41)29-22-12-13-23(26-15-25(22)26)30(29)33(38)42/h2-14,22-23,25-26,29-30H,15-16H2,1H3/t22-,23-,25-,26-,29+,30+/m0/s1. The third kappa shape index (κ3) is 4.73. The van der Waals surface area contributed by atoms with E-state index in [9.17, 15) is 24.0 Å². The first kappa shape index (κ1) is 28.5. The van der Waals surface area contributed by atoms with E-state index in [1.165, 1.54) is 42.5 Å². The summed E-state index contributed by atoms with van der Waals surface area (Å²) in [5.41, 5.74) is 1.58. The first-order valence-electron chi connectivity index (χ1n) is 14.4. The average molecular weight is 629 g/mol. The number of aryl methyl sites for hydroxylation is 1. The van der Waals surface area contributed by atoms with Gasteiger partial charge in [-0.05, 0) is 91.6 Å². The molecule has 0 aromatic heterocycles. The summed E-state index contributed by atoms with van der Waals surface area (Å²) in [7, 11) is 0. The van der Waals surface area contributed by atoms with E-state index in [4.69, 9.17) is 27.9 Å². The fraction of sp³-hybridized carbons (Fsp3) is 0.265. The van der Waals surface area contributed by atoms with Crippen molar-refractivity contribution in [3.05, 3.63) is 111 Å². The molecule has 1 saturated heterocycles. The van der Waals surface area contributed by atoms with Crippen LogP contribution in [0, 0.1) is 42.4 Å². The average Bonchev–Trinajstić information content (AvgIpc) is 3.79. The molecule has 3 aromatic carbocycles. The van der Waals surface area contributed by atoms with Crippen molar-refractivity contribution in [3.63, 3.8) is 0 Å². The molecule has 3 aromatic rings. The van der Waals surface area contributed by atoms with Crippen LogP contribution < -0.4 is 4.74 Å². The Labute approximate surface area is 263 Å². The first-order valence-corrected chi connectivity index (χ1v) is 15.1. The predicted octanol–water partition coefficient (Wildman–Crippen LogP) is 5.81. The Morgan fingerprint density at radius 3 is 2.02 bits per heavy atom. The number of hydrogen-bond donors (Lipinski definition) is 0. The zero-order valence-corrected chi connectivity index (χ0v) is 25.0. The molecule has 44 heavy (non-hydrogen) atoms. The van der Waals surface area contributed by atoms with Gasteiger partial charge in [-0.15, -0.1) is 0 Å². The van der Waals surface area contributed by atoms with Crippen molar-refractivity contribution in [1.29, 1.82) is 0 Å². The number of halogens is 2. The second-order valence-electron chi connectivity index (χ2n) is 11.8. The fourth-order valence-electron chi connectivity index (χ4n) is 7.01. The van der Waals surface area contributed by atoms with Gasteiger partial charge in [0.15, 0.2) is 5.78 Å². The molecule has 222 valence electrons. The summed E-state index contributed by atoms with van der Waals surface area (Å²) in [6.07, 6.45) is 5.07. The number of allylic oxidation sites excluding steroid dienone is 2. The molecule has 5 aliphatic rings. The molecular formula is C34H26Cl2N2O6. The molecule has 0 radical (unpaired) electrons. The van der Waals surface area contributed by atoms with Crippen molar-refractivity contribution in [2.75, 3.05) is 6.54 Å². The van der Waals surface area contributed by atoms with Gasteiger partial charge < -0.3 is 4.74 Å². The molecule has 3 amide bonds. The maximum absolute atomic E-state index is 13.9. The highest BCUT2D eigenvalue weighted by Crippen LogP contribution is 2.65. The minimum absolute atomic E-state index is 0.00153. The molecule has 3 fully saturated rings. The van der Waals surface area contributed by atoms with Gasteiger partial charge in [0, 0.05) is 10.6 Å². The Bertz CT molecular complexity index is 1730. The normalized spacial score (nSPS) is 25.8. The molecule has 2 bridgehead atoms. The lowest BCUT2D eigenvalue weighted by molar-refractivity contribution is -0.154. The van der Waals surface area contributed by atoms with Gasteiger partial charge in [-0.1, -0.05) is 53.1 Å². The number of nitrogens with zero attached hydrogens (tertiary/aromatic N) is 2. The van der Waals surface area contributed by atoms with Gasteiger partial charge in [-0.2, -0.15) is 5.01 Å². The highest BCUT2D eigenvalue weighted by Gasteiger charge is 2.68. The lowest BCUT2D eigenvalue weighted by atomic mass is 9.63. The number of carbonyl (C=O) groups is 5. The lowest BCUT2D eigenvalue weighted by Crippen LogP contribution is -2.52. The van der Waals surface area contributed by atoms with E-state index in [1.54, 1.807) is 24.3 Å². The highest BCUT2D eigenvalue weighted by atomic mass is 35.5. The quantitative estimate of drug-likeness (QED) is 0.108. The van der Waals surface area contributed by atoms with Gasteiger partial charge in [-0.3, -0.25) is 19.2 Å². The molecule has 2 saturated carbocycles. The fourth-order valence-corrected chi connectivity index (χ4v) is 7.50. The van der Waals surface area contributed by atoms with Crippen LogP contribution in [0.4, 0.5) is 0 Å². The summed E-state index contributed by atoms with van der Waals surface area (Å²) in [6, 6.07) is 17.1. The molecule has 1 aliphatic heterocycles. The summed E-state index contributed by atoms with van der Waals surface area (Å²) in [4.78, 5) is 67.8. The number of benzene rings is 3. The Kier molecular flexibility index (Phi) is 6.94. The SMILES string of the molecule is Cc1ccc(C(=O)Oc2ccc(C(=O)CN(C(=O)c3ccc(Cl)cc3Cl)N3C(=O)[C@@H]4[C@H]5C=C[C@@H]([C@@H]6C[C@@H]56)[C@H]4C3=O)cc2)cc1. The number of rotatable bonds is 7. The largest absolute Gasteiger partial charge is 0.423 e. The number of esters is 1. The van der Waals surface area contributed by atoms with E-state index in [-0.39, 0.29) is 33.7 Å². The van der Waals surface area contributed by atoms with Crippen molar-refractivity contribution < 1.29 is 28.7 Å². The van der Waals surface area contributed by atoms with Gasteiger partial charge in [0.25, 0.3) is 17.7 Å². The van der Waals surface area contributed by atoms with Crippen molar-refractivity contribution in [3.8, 4) is 5.75 Å². The van der Waals surface area contributed by atoms with Crippen LogP contribution in [0.15, 0.2) is 78.9 Å². The molecule has 0 spiro atoms. The minimum Gasteiger partial charge on any atom is -0.423 e. The molecule has 1 heterocycles. The van der Waals surface area contributed by atoms with Gasteiger partial charge in [0.05, 0.1) is 28.0 Å². The van der Waals surface area contributed by atoms with Crippen molar-refractivity contribution in [2.45, 2.75) is 13.3 Å². The monoisotopic (exact) mass is 628 g/mol. The smallest absolute Gasteiger partial charge is 0.343 e. The van der Waals surface area contributed by atoms with Crippen molar-refractivity contribution >= 4 is 52.7 Å². The van der Waals surface area contributed by atoms with Crippen LogP contribution in [0.25, 0.3) is 0 Å². The number of Topliss-reactive ketones (excluding diaryl/α,β-unsaturated/α-hetero) is 1. The summed E-state index contributed by atoms with van der Waals surface area (Å²) in [5, 5.41) is 2.12. The van der Waals surface area contributed by atoms with E-state index in [0.717, 1.165) is 22.0 Å². The third-order valence-corrected chi connectivity index (χ3v) is 9.79. The van der Waals surface area contributed by atoms with Gasteiger partial charge >= 0.3 is 5.97 Å².